The molecule has 0 atom stereocenters. The van der Waals surface area contributed by atoms with Gasteiger partial charge in [0.1, 0.15) is 0 Å². The van der Waals surface area contributed by atoms with Crippen molar-refractivity contribution in [3.63, 3.8) is 0 Å². The molecule has 1 aromatic rings. The summed E-state index contributed by atoms with van der Waals surface area (Å²) < 4.78 is 0. The lowest BCUT2D eigenvalue weighted by atomic mass is 9.81. The third-order valence-corrected chi connectivity index (χ3v) is 2.91. The molecule has 0 saturated heterocycles. The molecule has 0 aliphatic carbocycles. The van der Waals surface area contributed by atoms with Crippen molar-refractivity contribution in [2.24, 2.45) is 11.5 Å². The molecule has 0 unspecified atom stereocenters. The normalized spacial score (nSPS) is 11.8. The van der Waals surface area contributed by atoms with Crippen molar-refractivity contribution in [2.75, 3.05) is 19.8 Å². The zero-order valence-corrected chi connectivity index (χ0v) is 9.63. The van der Waals surface area contributed by atoms with Gasteiger partial charge < -0.3 is 26.8 Å². The summed E-state index contributed by atoms with van der Waals surface area (Å²) in [5, 5.41) is 28.1. The van der Waals surface area contributed by atoms with E-state index in [4.69, 9.17) is 11.5 Å². The van der Waals surface area contributed by atoms with Crippen LogP contribution in [0.4, 0.5) is 0 Å². The first-order valence-corrected chi connectivity index (χ1v) is 5.39. The van der Waals surface area contributed by atoms with Gasteiger partial charge in [0.2, 0.25) is 0 Å². The van der Waals surface area contributed by atoms with E-state index in [-0.39, 0.29) is 32.9 Å². The van der Waals surface area contributed by atoms with Crippen molar-refractivity contribution in [2.45, 2.75) is 18.5 Å². The van der Waals surface area contributed by atoms with Crippen LogP contribution >= 0.6 is 0 Å². The number of pyridine rings is 1. The fraction of sp³-hybridized carbons (Fsp3) is 0.545. The van der Waals surface area contributed by atoms with E-state index in [0.29, 0.717) is 17.0 Å². The first kappa shape index (κ1) is 14.0. The van der Waals surface area contributed by atoms with Crippen LogP contribution in [0.3, 0.4) is 0 Å². The summed E-state index contributed by atoms with van der Waals surface area (Å²) in [6.45, 7) is -0.688. The average molecular weight is 241 g/mol. The molecule has 96 valence electrons. The van der Waals surface area contributed by atoms with E-state index in [1.54, 1.807) is 12.1 Å². The smallest absolute Gasteiger partial charge is 0.0663 e. The molecule has 0 aromatic carbocycles. The van der Waals surface area contributed by atoms with Crippen LogP contribution in [-0.2, 0) is 18.5 Å². The maximum atomic E-state index is 9.36. The minimum atomic E-state index is -1.12. The maximum Gasteiger partial charge on any atom is 0.0663 e. The van der Waals surface area contributed by atoms with Crippen molar-refractivity contribution in [1.29, 1.82) is 0 Å². The minimum Gasteiger partial charge on any atom is -0.395 e. The molecule has 0 radical (unpaired) electrons. The van der Waals surface area contributed by atoms with Gasteiger partial charge in [0.25, 0.3) is 0 Å². The Labute approximate surface area is 99.9 Å². The van der Waals surface area contributed by atoms with Gasteiger partial charge in [-0.2, -0.15) is 0 Å². The summed E-state index contributed by atoms with van der Waals surface area (Å²) in [5.74, 6) is 0. The van der Waals surface area contributed by atoms with Crippen molar-refractivity contribution in [1.82, 2.24) is 4.98 Å². The summed E-state index contributed by atoms with van der Waals surface area (Å²) in [6.07, 6.45) is 0. The van der Waals surface area contributed by atoms with Gasteiger partial charge in [-0.1, -0.05) is 6.07 Å². The third kappa shape index (κ3) is 2.62. The van der Waals surface area contributed by atoms with Gasteiger partial charge in [-0.15, -0.1) is 0 Å². The Balaban J connectivity index is 3.28. The SMILES string of the molecule is NCc1ccc(C(CO)(CO)CO)c(CN)n1. The Kier molecular flexibility index (Phi) is 4.98. The average Bonchev–Trinajstić information content (AvgIpc) is 2.41. The molecular weight excluding hydrogens is 222 g/mol. The zero-order chi connectivity index (χ0) is 12.9. The monoisotopic (exact) mass is 241 g/mol. The van der Waals surface area contributed by atoms with Crippen LogP contribution in [0.2, 0.25) is 0 Å². The standard InChI is InChI=1S/C11H19N3O3/c12-3-8-1-2-9(10(4-13)14-8)11(5-15,6-16)7-17/h1-2,15-17H,3-7,12-13H2. The summed E-state index contributed by atoms with van der Waals surface area (Å²) in [5.41, 5.74) is 11.7. The summed E-state index contributed by atoms with van der Waals surface area (Å²) in [4.78, 5) is 4.24. The molecule has 6 nitrogen and oxygen atoms in total. The topological polar surface area (TPSA) is 126 Å². The lowest BCUT2D eigenvalue weighted by Crippen LogP contribution is -2.40. The molecule has 1 aromatic heterocycles. The number of aromatic nitrogens is 1. The molecule has 0 aliphatic heterocycles. The Morgan fingerprint density at radius 3 is 2.00 bits per heavy atom. The first-order chi connectivity index (χ1) is 8.17. The van der Waals surface area contributed by atoms with Crippen molar-refractivity contribution in [3.05, 3.63) is 29.1 Å². The third-order valence-electron chi connectivity index (χ3n) is 2.91. The highest BCUT2D eigenvalue weighted by atomic mass is 16.3. The van der Waals surface area contributed by atoms with Gasteiger partial charge >= 0.3 is 0 Å². The predicted molar refractivity (Wildman–Crippen MR) is 63.0 cm³/mol. The zero-order valence-electron chi connectivity index (χ0n) is 9.63. The van der Waals surface area contributed by atoms with Gasteiger partial charge in [0.15, 0.2) is 0 Å². The second-order valence-electron chi connectivity index (χ2n) is 3.96. The molecular formula is C11H19N3O3. The Morgan fingerprint density at radius 1 is 1.00 bits per heavy atom. The number of aliphatic hydroxyl groups excluding tert-OH is 3. The van der Waals surface area contributed by atoms with E-state index < -0.39 is 5.41 Å². The number of rotatable bonds is 6. The molecule has 7 N–H and O–H groups in total. The van der Waals surface area contributed by atoms with Crippen LogP contribution in [0.1, 0.15) is 17.0 Å². The van der Waals surface area contributed by atoms with Crippen molar-refractivity contribution in [3.8, 4) is 0 Å². The van der Waals surface area contributed by atoms with Crippen molar-refractivity contribution >= 4 is 0 Å². The number of hydrogen-bond acceptors (Lipinski definition) is 6. The van der Waals surface area contributed by atoms with Crippen LogP contribution in [0.25, 0.3) is 0 Å². The van der Waals surface area contributed by atoms with E-state index in [0.717, 1.165) is 0 Å². The predicted octanol–water partition coefficient (Wildman–Crippen LogP) is -1.79. The second kappa shape index (κ2) is 6.04. The Morgan fingerprint density at radius 2 is 1.59 bits per heavy atom. The van der Waals surface area contributed by atoms with Crippen molar-refractivity contribution < 1.29 is 15.3 Å². The van der Waals surface area contributed by atoms with E-state index in [1.807, 2.05) is 0 Å². The fourth-order valence-electron chi connectivity index (χ4n) is 1.70. The second-order valence-corrected chi connectivity index (χ2v) is 3.96. The van der Waals surface area contributed by atoms with Crippen LogP contribution in [0.5, 0.6) is 0 Å². The first-order valence-electron chi connectivity index (χ1n) is 5.39. The molecule has 0 spiro atoms. The van der Waals surface area contributed by atoms with Crippen LogP contribution < -0.4 is 11.5 Å². The van der Waals surface area contributed by atoms with E-state index in [1.165, 1.54) is 0 Å². The maximum absolute atomic E-state index is 9.36. The molecule has 0 amide bonds. The van der Waals surface area contributed by atoms with Gasteiger partial charge in [0, 0.05) is 13.1 Å². The Bertz CT molecular complexity index is 359. The molecule has 0 aliphatic rings. The van der Waals surface area contributed by atoms with Crippen LogP contribution in [-0.4, -0.2) is 40.1 Å². The highest BCUT2D eigenvalue weighted by molar-refractivity contribution is 5.32. The molecule has 0 bridgehead atoms. The molecule has 17 heavy (non-hydrogen) atoms. The number of nitrogens with two attached hydrogens (primary N) is 2. The van der Waals surface area contributed by atoms with E-state index in [2.05, 4.69) is 4.98 Å². The van der Waals surface area contributed by atoms with Gasteiger partial charge in [-0.05, 0) is 11.6 Å². The summed E-state index contributed by atoms with van der Waals surface area (Å²) in [6, 6.07) is 3.39. The molecule has 0 fully saturated rings. The summed E-state index contributed by atoms with van der Waals surface area (Å²) >= 11 is 0. The number of nitrogens with zero attached hydrogens (tertiary/aromatic N) is 1. The molecule has 0 saturated carbocycles. The molecule has 1 heterocycles. The van der Waals surface area contributed by atoms with Gasteiger partial charge in [0.05, 0.1) is 36.6 Å². The highest BCUT2D eigenvalue weighted by Crippen LogP contribution is 2.25. The van der Waals surface area contributed by atoms with Crippen LogP contribution in [0.15, 0.2) is 12.1 Å². The van der Waals surface area contributed by atoms with Crippen LogP contribution in [0, 0.1) is 0 Å². The van der Waals surface area contributed by atoms with E-state index in [9.17, 15) is 15.3 Å². The minimum absolute atomic E-state index is 0.158. The van der Waals surface area contributed by atoms with Gasteiger partial charge in [-0.25, -0.2) is 0 Å². The quantitative estimate of drug-likeness (QED) is 0.400. The number of hydrogen-bond donors (Lipinski definition) is 5. The van der Waals surface area contributed by atoms with Gasteiger partial charge in [-0.3, -0.25) is 4.98 Å². The number of aliphatic hydroxyl groups is 3. The fourth-order valence-corrected chi connectivity index (χ4v) is 1.70. The highest BCUT2D eigenvalue weighted by Gasteiger charge is 2.33. The molecule has 1 rings (SSSR count). The lowest BCUT2D eigenvalue weighted by molar-refractivity contribution is 0.0632. The summed E-state index contributed by atoms with van der Waals surface area (Å²) in [7, 11) is 0. The Hall–Kier alpha value is -1.05. The van der Waals surface area contributed by atoms with E-state index >= 15 is 0 Å². The molecule has 6 heteroatoms. The lowest BCUT2D eigenvalue weighted by Gasteiger charge is -2.29. The largest absolute Gasteiger partial charge is 0.395 e.